The van der Waals surface area contributed by atoms with Crippen LogP contribution in [0.3, 0.4) is 0 Å². The van der Waals surface area contributed by atoms with Crippen LogP contribution in [0.15, 0.2) is 47.4 Å². The van der Waals surface area contributed by atoms with E-state index in [0.29, 0.717) is 36.0 Å². The van der Waals surface area contributed by atoms with E-state index in [1.165, 1.54) is 10.4 Å². The molecule has 1 aliphatic rings. The van der Waals surface area contributed by atoms with Crippen LogP contribution < -0.4 is 10.1 Å². The van der Waals surface area contributed by atoms with Crippen molar-refractivity contribution in [3.8, 4) is 5.75 Å². The Bertz CT molecular complexity index is 940. The molecule has 1 aliphatic heterocycles. The molecule has 27 heavy (non-hydrogen) atoms. The number of ether oxygens (including phenoxy) is 1. The van der Waals surface area contributed by atoms with Crippen LogP contribution in [-0.4, -0.2) is 38.3 Å². The summed E-state index contributed by atoms with van der Waals surface area (Å²) in [5, 5.41) is 3.17. The normalized spacial score (nSPS) is 14.9. The summed E-state index contributed by atoms with van der Waals surface area (Å²) in [6, 6.07) is 11.2. The number of hydrogen-bond donors (Lipinski definition) is 1. The standard InChI is InChI=1S/C19H21ClN2O4S/c1-2-26-17-9-8-16(21-19(23)14-6-5-7-15(20)12-14)13-18(17)27(24,25)22-10-3-4-11-22/h5-9,12-13H,2-4,10-11H2,1H3,(H,21,23). The number of sulfonamides is 1. The van der Waals surface area contributed by atoms with E-state index in [1.807, 2.05) is 0 Å². The zero-order chi connectivity index (χ0) is 19.4. The zero-order valence-electron chi connectivity index (χ0n) is 14.9. The summed E-state index contributed by atoms with van der Waals surface area (Å²) in [4.78, 5) is 12.5. The van der Waals surface area contributed by atoms with Crippen molar-refractivity contribution in [3.63, 3.8) is 0 Å². The number of nitrogens with one attached hydrogen (secondary N) is 1. The lowest BCUT2D eigenvalue weighted by Gasteiger charge is -2.19. The minimum atomic E-state index is -3.69. The largest absolute Gasteiger partial charge is 0.492 e. The number of halogens is 1. The first kappa shape index (κ1) is 19.7. The maximum absolute atomic E-state index is 13.0. The lowest BCUT2D eigenvalue weighted by molar-refractivity contribution is 0.102. The SMILES string of the molecule is CCOc1ccc(NC(=O)c2cccc(Cl)c2)cc1S(=O)(=O)N1CCCC1. The van der Waals surface area contributed by atoms with Gasteiger partial charge in [0.2, 0.25) is 10.0 Å². The third kappa shape index (κ3) is 4.43. The first-order valence-electron chi connectivity index (χ1n) is 8.75. The second-order valence-corrected chi connectivity index (χ2v) is 8.51. The van der Waals surface area contributed by atoms with Crippen LogP contribution in [0.4, 0.5) is 5.69 Å². The Morgan fingerprint density at radius 3 is 2.59 bits per heavy atom. The zero-order valence-corrected chi connectivity index (χ0v) is 16.5. The first-order valence-corrected chi connectivity index (χ1v) is 10.6. The van der Waals surface area contributed by atoms with Crippen LogP contribution >= 0.6 is 11.6 Å². The molecular formula is C19H21ClN2O4S. The Balaban J connectivity index is 1.92. The van der Waals surface area contributed by atoms with Gasteiger partial charge in [0.25, 0.3) is 5.91 Å². The van der Waals surface area contributed by atoms with Gasteiger partial charge in [0.1, 0.15) is 10.6 Å². The molecule has 1 amide bonds. The molecule has 6 nitrogen and oxygen atoms in total. The van der Waals surface area contributed by atoms with Crippen molar-refractivity contribution >= 4 is 33.2 Å². The highest BCUT2D eigenvalue weighted by Crippen LogP contribution is 2.31. The summed E-state index contributed by atoms with van der Waals surface area (Å²) in [6.07, 6.45) is 1.68. The Morgan fingerprint density at radius 1 is 1.19 bits per heavy atom. The fraction of sp³-hybridized carbons (Fsp3) is 0.316. The quantitative estimate of drug-likeness (QED) is 0.789. The number of carbonyl (C=O) groups excluding carboxylic acids is 1. The minimum absolute atomic E-state index is 0.0649. The number of anilines is 1. The molecule has 144 valence electrons. The van der Waals surface area contributed by atoms with Crippen LogP contribution in [0, 0.1) is 0 Å². The third-order valence-electron chi connectivity index (χ3n) is 4.27. The Morgan fingerprint density at radius 2 is 1.93 bits per heavy atom. The van der Waals surface area contributed by atoms with Gasteiger partial charge in [-0.25, -0.2) is 8.42 Å². The van der Waals surface area contributed by atoms with Crippen LogP contribution in [0.5, 0.6) is 5.75 Å². The third-order valence-corrected chi connectivity index (χ3v) is 6.43. The highest BCUT2D eigenvalue weighted by molar-refractivity contribution is 7.89. The Hall–Kier alpha value is -2.09. The van der Waals surface area contributed by atoms with Crippen LogP contribution in [0.2, 0.25) is 5.02 Å². The fourth-order valence-electron chi connectivity index (χ4n) is 2.96. The van der Waals surface area contributed by atoms with Crippen LogP contribution in [0.25, 0.3) is 0 Å². The van der Waals surface area contributed by atoms with Crippen molar-refractivity contribution in [3.05, 3.63) is 53.1 Å². The van der Waals surface area contributed by atoms with Gasteiger partial charge in [-0.15, -0.1) is 0 Å². The van der Waals surface area contributed by atoms with E-state index in [9.17, 15) is 13.2 Å². The number of hydrogen-bond acceptors (Lipinski definition) is 4. The van der Waals surface area contributed by atoms with E-state index in [-0.39, 0.29) is 16.6 Å². The van der Waals surface area contributed by atoms with Gasteiger partial charge in [0, 0.05) is 29.4 Å². The average molecular weight is 409 g/mol. The summed E-state index contributed by atoms with van der Waals surface area (Å²) in [7, 11) is -3.69. The molecule has 2 aromatic carbocycles. The summed E-state index contributed by atoms with van der Waals surface area (Å²) < 4.78 is 33.0. The molecule has 0 radical (unpaired) electrons. The average Bonchev–Trinajstić information content (AvgIpc) is 3.18. The summed E-state index contributed by atoms with van der Waals surface area (Å²) in [5.74, 6) is -0.0867. The Labute approximate surface area is 164 Å². The van der Waals surface area contributed by atoms with Gasteiger partial charge in [-0.3, -0.25) is 4.79 Å². The van der Waals surface area contributed by atoms with E-state index in [4.69, 9.17) is 16.3 Å². The van der Waals surface area contributed by atoms with Gasteiger partial charge in [-0.1, -0.05) is 17.7 Å². The molecule has 1 fully saturated rings. The molecule has 0 saturated carbocycles. The van der Waals surface area contributed by atoms with Gasteiger partial charge in [0.15, 0.2) is 0 Å². The van der Waals surface area contributed by atoms with E-state index in [2.05, 4.69) is 5.32 Å². The van der Waals surface area contributed by atoms with Crippen molar-refractivity contribution in [2.45, 2.75) is 24.7 Å². The number of nitrogens with zero attached hydrogens (tertiary/aromatic N) is 1. The summed E-state index contributed by atoms with van der Waals surface area (Å²) >= 11 is 5.92. The van der Waals surface area contributed by atoms with Gasteiger partial charge < -0.3 is 10.1 Å². The number of rotatable bonds is 6. The van der Waals surface area contributed by atoms with Crippen molar-refractivity contribution in [1.82, 2.24) is 4.31 Å². The molecule has 1 saturated heterocycles. The topological polar surface area (TPSA) is 75.7 Å². The lowest BCUT2D eigenvalue weighted by Crippen LogP contribution is -2.28. The minimum Gasteiger partial charge on any atom is -0.492 e. The predicted molar refractivity (Wildman–Crippen MR) is 105 cm³/mol. The van der Waals surface area contributed by atoms with Gasteiger partial charge in [0.05, 0.1) is 6.61 Å². The molecule has 0 aromatic heterocycles. The van der Waals surface area contributed by atoms with Crippen molar-refractivity contribution < 1.29 is 17.9 Å². The molecule has 1 heterocycles. The molecule has 8 heteroatoms. The maximum atomic E-state index is 13.0. The summed E-state index contributed by atoms with van der Waals surface area (Å²) in [5.41, 5.74) is 0.765. The number of benzene rings is 2. The molecule has 1 N–H and O–H groups in total. The molecule has 0 aliphatic carbocycles. The number of amides is 1. The molecule has 0 bridgehead atoms. The van der Waals surface area contributed by atoms with Crippen LogP contribution in [0.1, 0.15) is 30.1 Å². The molecular weight excluding hydrogens is 388 g/mol. The van der Waals surface area contributed by atoms with E-state index < -0.39 is 10.0 Å². The molecule has 0 atom stereocenters. The van der Waals surface area contributed by atoms with Gasteiger partial charge >= 0.3 is 0 Å². The Kier molecular flexibility index (Phi) is 6.04. The second kappa shape index (κ2) is 8.29. The lowest BCUT2D eigenvalue weighted by atomic mass is 10.2. The molecule has 0 spiro atoms. The second-order valence-electron chi connectivity index (χ2n) is 6.17. The molecule has 2 aromatic rings. The monoisotopic (exact) mass is 408 g/mol. The molecule has 0 unspecified atom stereocenters. The van der Waals surface area contributed by atoms with Gasteiger partial charge in [-0.05, 0) is 56.2 Å². The van der Waals surface area contributed by atoms with Crippen molar-refractivity contribution in [2.24, 2.45) is 0 Å². The van der Waals surface area contributed by atoms with E-state index in [1.54, 1.807) is 43.3 Å². The summed E-state index contributed by atoms with van der Waals surface area (Å²) in [6.45, 7) is 3.12. The molecule has 3 rings (SSSR count). The smallest absolute Gasteiger partial charge is 0.255 e. The predicted octanol–water partition coefficient (Wildman–Crippen LogP) is 3.78. The fourth-order valence-corrected chi connectivity index (χ4v) is 4.83. The number of carbonyl (C=O) groups is 1. The van der Waals surface area contributed by atoms with Crippen molar-refractivity contribution in [1.29, 1.82) is 0 Å². The van der Waals surface area contributed by atoms with E-state index >= 15 is 0 Å². The first-order chi connectivity index (χ1) is 12.9. The van der Waals surface area contributed by atoms with E-state index in [0.717, 1.165) is 12.8 Å². The maximum Gasteiger partial charge on any atom is 0.255 e. The van der Waals surface area contributed by atoms with Crippen molar-refractivity contribution in [2.75, 3.05) is 25.0 Å². The highest BCUT2D eigenvalue weighted by Gasteiger charge is 2.30. The highest BCUT2D eigenvalue weighted by atomic mass is 35.5. The van der Waals surface area contributed by atoms with Gasteiger partial charge in [-0.2, -0.15) is 4.31 Å². The van der Waals surface area contributed by atoms with Crippen LogP contribution in [-0.2, 0) is 10.0 Å².